The molecule has 0 radical (unpaired) electrons. The Hall–Kier alpha value is -1.27. The predicted molar refractivity (Wildman–Crippen MR) is 42.8 cm³/mol. The molecule has 0 atom stereocenters. The third kappa shape index (κ3) is 5.24. The van der Waals surface area contributed by atoms with Crippen LogP contribution in [-0.2, 0) is 19.1 Å². The number of ether oxygens (including phenoxy) is 2. The van der Waals surface area contributed by atoms with Crippen LogP contribution >= 0.6 is 0 Å². The third-order valence-corrected chi connectivity index (χ3v) is 1.69. The maximum atomic E-state index is 11.8. The molecular weight excluding hydrogens is 217 g/mol. The molecule has 0 heterocycles. The maximum Gasteiger partial charge on any atom is 0.389 e. The summed E-state index contributed by atoms with van der Waals surface area (Å²) in [4.78, 5) is 21.9. The van der Waals surface area contributed by atoms with Crippen molar-refractivity contribution in [2.45, 2.75) is 19.0 Å². The fourth-order valence-corrected chi connectivity index (χ4v) is 0.924. The summed E-state index contributed by atoms with van der Waals surface area (Å²) < 4.78 is 43.9. The summed E-state index contributed by atoms with van der Waals surface area (Å²) in [7, 11) is 1.98. The number of esters is 2. The first-order chi connectivity index (χ1) is 6.81. The molecule has 4 nitrogen and oxygen atoms in total. The van der Waals surface area contributed by atoms with E-state index in [9.17, 15) is 22.8 Å². The molecule has 0 aliphatic carbocycles. The van der Waals surface area contributed by atoms with Crippen LogP contribution in [0.4, 0.5) is 13.2 Å². The number of hydrogen-bond donors (Lipinski definition) is 0. The number of halogens is 3. The molecule has 0 aromatic rings. The molecular formula is C8H11F3O4. The van der Waals surface area contributed by atoms with E-state index >= 15 is 0 Å². The summed E-state index contributed by atoms with van der Waals surface area (Å²) in [6.45, 7) is 0. The summed E-state index contributed by atoms with van der Waals surface area (Å²) in [6.07, 6.45) is -6.31. The smallest absolute Gasteiger partial charge is 0.389 e. The Kier molecular flexibility index (Phi) is 5.10. The Morgan fingerprint density at radius 3 is 1.80 bits per heavy atom. The van der Waals surface area contributed by atoms with Gasteiger partial charge in [0, 0.05) is 6.42 Å². The van der Waals surface area contributed by atoms with Gasteiger partial charge in [-0.1, -0.05) is 0 Å². The Morgan fingerprint density at radius 1 is 1.13 bits per heavy atom. The van der Waals surface area contributed by atoms with Crippen molar-refractivity contribution in [2.24, 2.45) is 5.92 Å². The van der Waals surface area contributed by atoms with Crippen LogP contribution in [0.2, 0.25) is 0 Å². The van der Waals surface area contributed by atoms with E-state index in [1.54, 1.807) is 0 Å². The van der Waals surface area contributed by atoms with Crippen LogP contribution in [0, 0.1) is 5.92 Å². The minimum absolute atomic E-state index is 0.664. The van der Waals surface area contributed by atoms with Gasteiger partial charge in [-0.3, -0.25) is 9.59 Å². The van der Waals surface area contributed by atoms with Crippen LogP contribution in [0.25, 0.3) is 0 Å². The van der Waals surface area contributed by atoms with E-state index in [1.807, 2.05) is 0 Å². The Bertz CT molecular complexity index is 221. The quantitative estimate of drug-likeness (QED) is 0.537. The Labute approximate surface area is 84.3 Å². The van der Waals surface area contributed by atoms with E-state index in [1.165, 1.54) is 0 Å². The summed E-state index contributed by atoms with van der Waals surface area (Å²) >= 11 is 0. The normalized spacial score (nSPS) is 11.3. The topological polar surface area (TPSA) is 52.6 Å². The van der Waals surface area contributed by atoms with Gasteiger partial charge in [0.05, 0.1) is 14.2 Å². The van der Waals surface area contributed by atoms with Crippen LogP contribution in [0.1, 0.15) is 12.8 Å². The van der Waals surface area contributed by atoms with Crippen molar-refractivity contribution in [1.29, 1.82) is 0 Å². The number of hydrogen-bond acceptors (Lipinski definition) is 4. The van der Waals surface area contributed by atoms with E-state index in [0.29, 0.717) is 0 Å². The van der Waals surface area contributed by atoms with Crippen LogP contribution in [-0.4, -0.2) is 32.3 Å². The lowest BCUT2D eigenvalue weighted by Crippen LogP contribution is -2.28. The van der Waals surface area contributed by atoms with Gasteiger partial charge in [0.1, 0.15) is 0 Å². The minimum atomic E-state index is -4.42. The van der Waals surface area contributed by atoms with Gasteiger partial charge in [-0.25, -0.2) is 0 Å². The highest BCUT2D eigenvalue weighted by molar-refractivity contribution is 5.94. The van der Waals surface area contributed by atoms with Gasteiger partial charge in [-0.2, -0.15) is 13.2 Å². The van der Waals surface area contributed by atoms with Crippen molar-refractivity contribution in [1.82, 2.24) is 0 Å². The fourth-order valence-electron chi connectivity index (χ4n) is 0.924. The summed E-state index contributed by atoms with van der Waals surface area (Å²) in [6, 6.07) is 0. The van der Waals surface area contributed by atoms with Gasteiger partial charge in [0.25, 0.3) is 0 Å². The van der Waals surface area contributed by atoms with Crippen molar-refractivity contribution in [2.75, 3.05) is 14.2 Å². The minimum Gasteiger partial charge on any atom is -0.468 e. The molecule has 7 heteroatoms. The molecule has 0 amide bonds. The van der Waals surface area contributed by atoms with Gasteiger partial charge in [-0.05, 0) is 6.42 Å². The second kappa shape index (κ2) is 5.57. The van der Waals surface area contributed by atoms with Crippen LogP contribution in [0.5, 0.6) is 0 Å². The first-order valence-electron chi connectivity index (χ1n) is 4.04. The highest BCUT2D eigenvalue weighted by atomic mass is 19.4. The lowest BCUT2D eigenvalue weighted by molar-refractivity contribution is -0.163. The fraction of sp³-hybridized carbons (Fsp3) is 0.750. The van der Waals surface area contributed by atoms with Crippen LogP contribution in [0.3, 0.4) is 0 Å². The van der Waals surface area contributed by atoms with Crippen LogP contribution in [0.15, 0.2) is 0 Å². The van der Waals surface area contributed by atoms with Gasteiger partial charge >= 0.3 is 18.1 Å². The molecule has 0 saturated carbocycles. The van der Waals surface area contributed by atoms with E-state index in [0.717, 1.165) is 14.2 Å². The van der Waals surface area contributed by atoms with Gasteiger partial charge in [-0.15, -0.1) is 0 Å². The number of rotatable bonds is 4. The molecule has 0 rings (SSSR count). The lowest BCUT2D eigenvalue weighted by Gasteiger charge is -2.13. The molecule has 0 aliphatic heterocycles. The van der Waals surface area contributed by atoms with Crippen molar-refractivity contribution >= 4 is 11.9 Å². The molecule has 0 aromatic carbocycles. The number of methoxy groups -OCH3 is 2. The molecule has 0 saturated heterocycles. The number of carbonyl (C=O) groups excluding carboxylic acids is 2. The molecule has 0 N–H and O–H groups in total. The van der Waals surface area contributed by atoms with Crippen LogP contribution < -0.4 is 0 Å². The summed E-state index contributed by atoms with van der Waals surface area (Å²) in [5.41, 5.74) is 0. The monoisotopic (exact) mass is 228 g/mol. The average Bonchev–Trinajstić information content (AvgIpc) is 2.15. The predicted octanol–water partition coefficient (Wildman–Crippen LogP) is 1.29. The molecule has 0 fully saturated rings. The first-order valence-corrected chi connectivity index (χ1v) is 4.04. The van der Waals surface area contributed by atoms with E-state index in [2.05, 4.69) is 9.47 Å². The summed E-state index contributed by atoms with van der Waals surface area (Å²) in [5.74, 6) is -3.56. The molecule has 15 heavy (non-hydrogen) atoms. The van der Waals surface area contributed by atoms with Crippen molar-refractivity contribution in [3.8, 4) is 0 Å². The highest BCUT2D eigenvalue weighted by Gasteiger charge is 2.35. The van der Waals surface area contributed by atoms with Crippen molar-refractivity contribution in [3.63, 3.8) is 0 Å². The second-order valence-corrected chi connectivity index (χ2v) is 2.75. The van der Waals surface area contributed by atoms with Gasteiger partial charge < -0.3 is 9.47 Å². The van der Waals surface area contributed by atoms with Gasteiger partial charge in [0.2, 0.25) is 0 Å². The molecule has 88 valence electrons. The third-order valence-electron chi connectivity index (χ3n) is 1.69. The van der Waals surface area contributed by atoms with E-state index < -0.39 is 36.9 Å². The molecule has 0 unspecified atom stereocenters. The zero-order chi connectivity index (χ0) is 12.1. The molecule has 0 bridgehead atoms. The van der Waals surface area contributed by atoms with Gasteiger partial charge in [0.15, 0.2) is 5.92 Å². The molecule has 0 aliphatic rings. The number of carbonyl (C=O) groups is 2. The number of alkyl halides is 3. The standard InChI is InChI=1S/C8H11F3O4/c1-14-6(12)5(7(13)15-2)3-4-8(9,10)11/h5H,3-4H2,1-2H3. The largest absolute Gasteiger partial charge is 0.468 e. The van der Waals surface area contributed by atoms with Crippen molar-refractivity contribution in [3.05, 3.63) is 0 Å². The Balaban J connectivity index is 4.39. The molecule has 0 spiro atoms. The lowest BCUT2D eigenvalue weighted by atomic mass is 10.0. The average molecular weight is 228 g/mol. The highest BCUT2D eigenvalue weighted by Crippen LogP contribution is 2.25. The van der Waals surface area contributed by atoms with E-state index in [-0.39, 0.29) is 0 Å². The first kappa shape index (κ1) is 13.7. The maximum absolute atomic E-state index is 11.8. The second-order valence-electron chi connectivity index (χ2n) is 2.75. The van der Waals surface area contributed by atoms with Crippen molar-refractivity contribution < 1.29 is 32.2 Å². The SMILES string of the molecule is COC(=O)C(CCC(F)(F)F)C(=O)OC. The zero-order valence-corrected chi connectivity index (χ0v) is 8.26. The zero-order valence-electron chi connectivity index (χ0n) is 8.26. The Morgan fingerprint density at radius 2 is 1.53 bits per heavy atom. The summed E-state index contributed by atoms with van der Waals surface area (Å²) in [5, 5.41) is 0. The molecule has 0 aromatic heterocycles. The van der Waals surface area contributed by atoms with E-state index in [4.69, 9.17) is 0 Å².